The fourth-order valence-corrected chi connectivity index (χ4v) is 31.0. The Bertz CT molecular complexity index is 5050. The summed E-state index contributed by atoms with van der Waals surface area (Å²) in [5, 5.41) is 31.0. The number of thiol groups is 1. The van der Waals surface area contributed by atoms with Crippen LogP contribution in [-0.2, 0) is 49.0 Å². The topological polar surface area (TPSA) is 314 Å². The molecule has 13 aliphatic rings. The third-order valence-electron chi connectivity index (χ3n) is 37.1. The number of phenols is 2. The van der Waals surface area contributed by atoms with Gasteiger partial charge in [0.1, 0.15) is 0 Å². The number of hydrogen-bond acceptors (Lipinski definition) is 19. The summed E-state index contributed by atoms with van der Waals surface area (Å²) in [5.74, 6) is 0.765. The summed E-state index contributed by atoms with van der Waals surface area (Å²) in [6, 6.07) is 3.79. The minimum Gasteiger partial charge on any atom is -0.504 e. The molecular weight excluding hydrogens is 1740 g/mol. The third kappa shape index (κ3) is 19.0. The lowest BCUT2D eigenvalue weighted by atomic mass is 9.34. The second-order valence-electron chi connectivity index (χ2n) is 47.4. The average molecular weight is 1910 g/mol. The molecule has 0 aliphatic heterocycles. The predicted molar refractivity (Wildman–Crippen MR) is 547 cm³/mol. The summed E-state index contributed by atoms with van der Waals surface area (Å²) in [7, 11) is 1.00. The molecule has 134 heavy (non-hydrogen) atoms. The van der Waals surface area contributed by atoms with E-state index in [1.807, 2.05) is 84.1 Å². The van der Waals surface area contributed by atoms with Crippen LogP contribution >= 0.6 is 36.2 Å². The maximum absolute atomic E-state index is 13.3. The number of thioether (sulfide) groups is 2. The van der Waals surface area contributed by atoms with Crippen LogP contribution in [0.3, 0.4) is 0 Å². The Labute approximate surface area is 819 Å². The van der Waals surface area contributed by atoms with Crippen LogP contribution in [0.5, 0.6) is 23.0 Å². The van der Waals surface area contributed by atoms with Crippen molar-refractivity contribution in [1.29, 1.82) is 0 Å². The number of ether oxygens (including phenoxy) is 6. The number of carbonyl (C=O) groups excluding carboxylic acids is 7. The number of aliphatic hydroxyl groups excluding tert-OH is 1. The first-order chi connectivity index (χ1) is 61.4. The normalized spacial score (nSPS) is 37.0. The number of benzene rings is 2. The second-order valence-corrected chi connectivity index (χ2v) is 51.9. The molecule has 9 N–H and O–H groups in total. The summed E-state index contributed by atoms with van der Waals surface area (Å²) in [6.07, 6.45) is 28.5. The predicted octanol–water partition coefficient (Wildman–Crippen LogP) is 27.5. The fraction of sp³-hybridized carbons (Fsp3) is 0.723. The standard InChI is InChI=1S/2C36H53NO5S.C33H45NO5.C3H8S.C2H6.CH4O.CH4/c1-20(2)41-31(40)42-24-17-23-28(22(5)29(24)38)25(43-21(3)4)18-26-34(23,8)14-16-36(10)27-19-33(7,30(37)39)12-11-32(27,6)13-15-35(26,36)9;1-20(2)41-31(40)42-29-22(5)28-23(17-24(29)38)34(8)14-16-36(10)27-19-33(7,30(37)39)12-11-32(27,6)13-15-35(36,9)26(34)18-25(28)43-21(3)4;1-19(2)38-28(37)39-26-20(3)21-9-10-24-31(6,22(21)17-23(26)35)14-16-33(8)25-18-30(5,27(34)36)12-11-29(25,4)13-15-32(24,33)7;1-3(2)4;2*1-2;/h2*17-18,20-21,25,27,38H,11-16,19H2,1-10H3,(H2,37,39);9-10,17,19,25H,11-16,18H2,1-8H3,(H2,34,36);3-4H,1-2H3;1-2H3;2H,1H3;1H4/t2*25?,27-,32-,33-,34+,35-,36+;25-,29-,30-,31+,32-,33+;;;;/m111..../s1. The van der Waals surface area contributed by atoms with Gasteiger partial charge in [-0.05, 0) is 337 Å². The molecule has 0 heterocycles. The number of fused-ring (bicyclic) bond motifs is 21. The zero-order chi connectivity index (χ0) is 100. The van der Waals surface area contributed by atoms with Gasteiger partial charge in [-0.15, -0.1) is 23.5 Å². The second kappa shape index (κ2) is 39.5. The van der Waals surface area contributed by atoms with E-state index in [1.54, 1.807) is 47.6 Å². The molecule has 2 unspecified atom stereocenters. The number of ketones is 1. The fourth-order valence-electron chi connectivity index (χ4n) is 28.5. The molecule has 9 saturated carbocycles. The molecule has 19 nitrogen and oxygen atoms in total. The van der Waals surface area contributed by atoms with E-state index in [2.05, 4.69) is 168 Å². The van der Waals surface area contributed by atoms with Gasteiger partial charge in [0, 0.05) is 61.2 Å². The molecule has 2 aromatic rings. The molecule has 0 aromatic heterocycles. The summed E-state index contributed by atoms with van der Waals surface area (Å²) in [5.41, 5.74) is 29.2. The number of nitrogens with two attached hydrogens (primary N) is 3. The highest BCUT2D eigenvalue weighted by Crippen LogP contribution is 2.80. The summed E-state index contributed by atoms with van der Waals surface area (Å²) >= 11 is 7.77. The third-order valence-corrected chi connectivity index (χ3v) is 39.6. The first-order valence-corrected chi connectivity index (χ1v) is 52.4. The number of primary amides is 3. The highest BCUT2D eigenvalue weighted by atomic mass is 32.2. The average Bonchev–Trinajstić information content (AvgIpc) is 0.685. The molecule has 3 amide bonds. The molecule has 0 saturated heterocycles. The van der Waals surface area contributed by atoms with Crippen molar-refractivity contribution >= 4 is 78.1 Å². The van der Waals surface area contributed by atoms with Crippen molar-refractivity contribution in [3.8, 4) is 23.0 Å². The molecule has 0 bridgehead atoms. The lowest BCUT2D eigenvalue weighted by molar-refractivity contribution is -0.167. The molecule has 9 fully saturated rings. The van der Waals surface area contributed by atoms with E-state index in [0.717, 1.165) is 186 Å². The van der Waals surface area contributed by atoms with Crippen LogP contribution in [0.25, 0.3) is 0 Å². The van der Waals surface area contributed by atoms with E-state index in [4.69, 9.17) is 50.7 Å². The zero-order valence-electron chi connectivity index (χ0n) is 87.4. The van der Waals surface area contributed by atoms with Crippen LogP contribution in [0, 0.1) is 102 Å². The van der Waals surface area contributed by atoms with Gasteiger partial charge in [-0.1, -0.05) is 208 Å². The number of amides is 3. The van der Waals surface area contributed by atoms with Crippen molar-refractivity contribution in [2.24, 2.45) is 105 Å². The van der Waals surface area contributed by atoms with Crippen molar-refractivity contribution in [1.82, 2.24) is 0 Å². The van der Waals surface area contributed by atoms with E-state index in [1.165, 1.54) is 16.7 Å². The van der Waals surface area contributed by atoms with E-state index in [0.29, 0.717) is 39.1 Å². The monoisotopic (exact) mass is 1910 g/mol. The van der Waals surface area contributed by atoms with Crippen LogP contribution in [0.2, 0.25) is 0 Å². The Morgan fingerprint density at radius 3 is 1.13 bits per heavy atom. The van der Waals surface area contributed by atoms with Crippen LogP contribution in [0.4, 0.5) is 14.4 Å². The van der Waals surface area contributed by atoms with Crippen LogP contribution in [-0.4, -0.2) is 98.5 Å². The number of hydrogen-bond donors (Lipinski definition) is 7. The van der Waals surface area contributed by atoms with E-state index >= 15 is 0 Å². The van der Waals surface area contributed by atoms with E-state index < -0.39 is 34.7 Å². The maximum Gasteiger partial charge on any atom is 0.514 e. The summed E-state index contributed by atoms with van der Waals surface area (Å²) in [4.78, 5) is 88.6. The highest BCUT2D eigenvalue weighted by molar-refractivity contribution is 8.00. The minimum atomic E-state index is -0.856. The van der Waals surface area contributed by atoms with Crippen LogP contribution in [0.1, 0.15) is 394 Å². The molecule has 0 radical (unpaired) electrons. The van der Waals surface area contributed by atoms with Crippen LogP contribution < -0.4 is 26.7 Å². The Morgan fingerprint density at radius 1 is 0.440 bits per heavy atom. The smallest absolute Gasteiger partial charge is 0.504 e. The number of aliphatic hydroxyl groups is 1. The largest absolute Gasteiger partial charge is 0.514 e. The Kier molecular flexibility index (Phi) is 32.7. The van der Waals surface area contributed by atoms with Crippen molar-refractivity contribution in [2.75, 3.05) is 7.11 Å². The lowest BCUT2D eigenvalue weighted by Gasteiger charge is -2.70. The van der Waals surface area contributed by atoms with Crippen molar-refractivity contribution in [3.05, 3.63) is 115 Å². The van der Waals surface area contributed by atoms with Gasteiger partial charge in [0.15, 0.2) is 28.8 Å². The molecule has 750 valence electrons. The van der Waals surface area contributed by atoms with Gasteiger partial charge in [0.25, 0.3) is 0 Å². The van der Waals surface area contributed by atoms with Gasteiger partial charge >= 0.3 is 18.5 Å². The molecule has 13 aliphatic carbocycles. The zero-order valence-corrected chi connectivity index (χ0v) is 89.9. The van der Waals surface area contributed by atoms with Gasteiger partial charge in [-0.3, -0.25) is 19.2 Å². The Morgan fingerprint density at radius 2 is 0.769 bits per heavy atom. The number of rotatable bonds is 13. The van der Waals surface area contributed by atoms with Gasteiger partial charge in [0.05, 0.1) is 18.3 Å². The highest BCUT2D eigenvalue weighted by Gasteiger charge is 2.72. The summed E-state index contributed by atoms with van der Waals surface area (Å²) in [6.45, 7) is 68.7. The number of allylic oxidation sites excluding steroid dienone is 9. The van der Waals surface area contributed by atoms with Crippen molar-refractivity contribution in [3.63, 3.8) is 0 Å². The van der Waals surface area contributed by atoms with Gasteiger partial charge < -0.3 is 60.9 Å². The number of carbonyl (C=O) groups is 7. The first-order valence-electron chi connectivity index (χ1n) is 50.0. The van der Waals surface area contributed by atoms with Crippen LogP contribution in [0.15, 0.2) is 81.7 Å². The number of phenolic OH excluding ortho intramolecular Hbond substituents is 2. The molecular formula is C112H173N3O16S3. The SMILES string of the molecule is C.CC.CC(C)S.CC1=C(OC(=O)OC(C)C)C(=O)C=C2C1=CC=C1[C@@]2(C)CC[C@@]2(C)[C@@H]3C[C@](C)(C(N)=O)CC[C@]3(C)CC[C@]12C.CO.Cc1c(O)c(OC(=O)OC(C)C)cc2c1C(SC(C)C)C=C1[C@@]2(C)CC[C@@]2(C)[C@@H]3C[C@](C)(C(N)=O)CC[C@]3(C)CC[C@]12C.Cc1c(OC(=O)OC(C)C)c(O)cc2c1C(SC(C)C)C=C1[C@@]2(C)CC[C@@]2(C)[C@@H]3C[C@](C)(C(N)=O)CC[C@]3(C)CC[C@]12C. The minimum absolute atomic E-state index is 0. The molecule has 2 aromatic carbocycles. The summed E-state index contributed by atoms with van der Waals surface area (Å²) < 4.78 is 32.3. The maximum atomic E-state index is 13.3. The lowest BCUT2D eigenvalue weighted by Crippen LogP contribution is -2.63. The molecule has 22 heteroatoms. The van der Waals surface area contributed by atoms with Crippen molar-refractivity contribution in [2.45, 2.75) is 419 Å². The van der Waals surface area contributed by atoms with Gasteiger partial charge in [-0.2, -0.15) is 12.6 Å². The van der Waals surface area contributed by atoms with Gasteiger partial charge in [0.2, 0.25) is 23.5 Å². The number of aromatic hydroxyl groups is 2. The van der Waals surface area contributed by atoms with Crippen molar-refractivity contribution < 1.29 is 77.3 Å². The van der Waals surface area contributed by atoms with E-state index in [9.17, 15) is 43.8 Å². The molecule has 0 spiro atoms. The van der Waals surface area contributed by atoms with Gasteiger partial charge in [-0.25, -0.2) is 14.4 Å². The quantitative estimate of drug-likeness (QED) is 0.0322. The Balaban J connectivity index is 0.000000216. The first kappa shape index (κ1) is 111. The van der Waals surface area contributed by atoms with E-state index in [-0.39, 0.29) is 153 Å². The Hall–Kier alpha value is -6.62. The molecule has 15 rings (SSSR count). The molecule has 20 atom stereocenters.